The molecule has 0 bridgehead atoms. The topological polar surface area (TPSA) is 196 Å². The van der Waals surface area contributed by atoms with Gasteiger partial charge in [-0.05, 0) is 79.3 Å². The van der Waals surface area contributed by atoms with Gasteiger partial charge in [-0.2, -0.15) is 10.1 Å². The molecule has 5 aromatic rings. The lowest BCUT2D eigenvalue weighted by Gasteiger charge is -2.29. The number of hydrogen-bond acceptors (Lipinski definition) is 11. The predicted molar refractivity (Wildman–Crippen MR) is 193 cm³/mol. The van der Waals surface area contributed by atoms with Gasteiger partial charge in [0.05, 0.1) is 17.7 Å². The summed E-state index contributed by atoms with van der Waals surface area (Å²) in [5, 5.41) is 16.9. The highest BCUT2D eigenvalue weighted by Crippen LogP contribution is 2.35. The maximum Gasteiger partial charge on any atom is 0.255 e. The summed E-state index contributed by atoms with van der Waals surface area (Å²) in [7, 11) is -3.76. The standard InChI is InChI=1S/C36H38N10O6S/c1-3-52-32-27(25-16-37-38-17-25)9-12-46-33(32)42-36(43-46)40-29-6-5-26(13-21(29)2)53(50,51)39-10-4-11-44-18-22-14-24-20-45(30-7-8-31(47)41-34(30)48)35(49)28(24)15-23(22)19-44/h5-6,9,12-17,30,39H,3-4,7-8,10-11,18-20H2,1-2H3,(H,37,38)(H,40,43)(H,41,47,48). The quantitative estimate of drug-likeness (QED) is 0.109. The van der Waals surface area contributed by atoms with Crippen LogP contribution < -0.4 is 20.1 Å². The Hall–Kier alpha value is -5.65. The number of aryl methyl sites for hydroxylation is 1. The molecule has 2 aromatic carbocycles. The van der Waals surface area contributed by atoms with Gasteiger partial charge in [0.15, 0.2) is 11.4 Å². The van der Waals surface area contributed by atoms with Crippen LogP contribution in [0.2, 0.25) is 0 Å². The molecule has 1 fully saturated rings. The molecule has 17 heteroatoms. The minimum Gasteiger partial charge on any atom is -0.489 e. The first kappa shape index (κ1) is 34.4. The average Bonchev–Trinajstić information content (AvgIpc) is 3.94. The van der Waals surface area contributed by atoms with Gasteiger partial charge in [0.1, 0.15) is 6.04 Å². The Bertz CT molecular complexity index is 2380. The number of hydrogen-bond donors (Lipinski definition) is 4. The number of imide groups is 1. The summed E-state index contributed by atoms with van der Waals surface area (Å²) >= 11 is 0. The lowest BCUT2D eigenvalue weighted by Crippen LogP contribution is -2.52. The SMILES string of the molecule is CCOc1c(-c2cn[nH]c2)ccn2nc(Nc3ccc(S(=O)(=O)NCCCN4Cc5cc6c(cc5C4)C(=O)N(C4CCC(=O)NC4=O)C6)cc3C)nc12. The zero-order chi connectivity index (χ0) is 36.9. The molecule has 8 rings (SSSR count). The summed E-state index contributed by atoms with van der Waals surface area (Å²) in [5.74, 6) is -0.00184. The van der Waals surface area contributed by atoms with E-state index in [0.717, 1.165) is 27.8 Å². The molecule has 1 saturated heterocycles. The van der Waals surface area contributed by atoms with Gasteiger partial charge < -0.3 is 15.0 Å². The first-order valence-corrected chi connectivity index (χ1v) is 19.0. The number of pyridine rings is 1. The van der Waals surface area contributed by atoms with Crippen molar-refractivity contribution in [2.24, 2.45) is 0 Å². The fourth-order valence-corrected chi connectivity index (χ4v) is 8.41. The molecule has 3 aliphatic rings. The van der Waals surface area contributed by atoms with Crippen LogP contribution in [0.3, 0.4) is 0 Å². The Kier molecular flexibility index (Phi) is 8.92. The number of nitrogens with zero attached hydrogens (tertiary/aromatic N) is 6. The highest BCUT2D eigenvalue weighted by Gasteiger charge is 2.40. The maximum absolute atomic E-state index is 13.2. The lowest BCUT2D eigenvalue weighted by molar-refractivity contribution is -0.136. The molecule has 0 saturated carbocycles. The Labute approximate surface area is 305 Å². The van der Waals surface area contributed by atoms with Crippen LogP contribution in [0.15, 0.2) is 59.9 Å². The van der Waals surface area contributed by atoms with E-state index < -0.39 is 22.0 Å². The molecule has 3 amide bonds. The van der Waals surface area contributed by atoms with Crippen LogP contribution in [-0.2, 0) is 39.2 Å². The zero-order valence-electron chi connectivity index (χ0n) is 29.2. The molecule has 0 aliphatic carbocycles. The molecule has 16 nitrogen and oxygen atoms in total. The van der Waals surface area contributed by atoms with Gasteiger partial charge in [0, 0.05) is 73.9 Å². The van der Waals surface area contributed by atoms with Crippen molar-refractivity contribution in [3.05, 3.63) is 82.8 Å². The Morgan fingerprint density at radius 3 is 2.60 bits per heavy atom. The van der Waals surface area contributed by atoms with Crippen molar-refractivity contribution in [1.29, 1.82) is 0 Å². The van der Waals surface area contributed by atoms with Gasteiger partial charge >= 0.3 is 0 Å². The van der Waals surface area contributed by atoms with E-state index in [1.807, 2.05) is 32.0 Å². The molecule has 1 unspecified atom stereocenters. The number of rotatable bonds is 12. The van der Waals surface area contributed by atoms with E-state index in [-0.39, 0.29) is 29.7 Å². The van der Waals surface area contributed by atoms with Gasteiger partial charge in [0.2, 0.25) is 27.8 Å². The van der Waals surface area contributed by atoms with Crippen molar-refractivity contribution in [3.8, 4) is 16.9 Å². The van der Waals surface area contributed by atoms with Gasteiger partial charge in [-0.25, -0.2) is 17.7 Å². The van der Waals surface area contributed by atoms with Crippen LogP contribution in [0.5, 0.6) is 5.75 Å². The number of carbonyl (C=O) groups excluding carboxylic acids is 3. The Balaban J connectivity index is 0.855. The van der Waals surface area contributed by atoms with E-state index in [0.29, 0.717) is 79.8 Å². The van der Waals surface area contributed by atoms with Crippen molar-refractivity contribution >= 4 is 45.0 Å². The fourth-order valence-electron chi connectivity index (χ4n) is 7.25. The molecular weight excluding hydrogens is 701 g/mol. The predicted octanol–water partition coefficient (Wildman–Crippen LogP) is 3.02. The number of aromatic amines is 1. The summed E-state index contributed by atoms with van der Waals surface area (Å²) in [6, 6.07) is 10.1. The van der Waals surface area contributed by atoms with Gasteiger partial charge in [0.25, 0.3) is 5.91 Å². The third-order valence-corrected chi connectivity index (χ3v) is 11.3. The van der Waals surface area contributed by atoms with E-state index in [4.69, 9.17) is 4.74 Å². The molecule has 3 aromatic heterocycles. The van der Waals surface area contributed by atoms with E-state index in [9.17, 15) is 22.8 Å². The Morgan fingerprint density at radius 2 is 1.85 bits per heavy atom. The first-order valence-electron chi connectivity index (χ1n) is 17.5. The van der Waals surface area contributed by atoms with Crippen LogP contribution in [0.25, 0.3) is 16.8 Å². The average molecular weight is 739 g/mol. The van der Waals surface area contributed by atoms with Crippen molar-refractivity contribution in [1.82, 2.24) is 44.6 Å². The monoisotopic (exact) mass is 738 g/mol. The van der Waals surface area contributed by atoms with E-state index >= 15 is 0 Å². The highest BCUT2D eigenvalue weighted by atomic mass is 32.2. The van der Waals surface area contributed by atoms with Gasteiger partial charge in [-0.1, -0.05) is 6.07 Å². The fraction of sp³-hybridized carbons (Fsp3) is 0.333. The largest absolute Gasteiger partial charge is 0.489 e. The van der Waals surface area contributed by atoms with Crippen LogP contribution in [0.1, 0.15) is 58.8 Å². The first-order chi connectivity index (χ1) is 25.6. The van der Waals surface area contributed by atoms with Crippen molar-refractivity contribution < 1.29 is 27.5 Å². The summed E-state index contributed by atoms with van der Waals surface area (Å²) in [6.07, 6.45) is 6.43. The molecule has 3 aliphatic heterocycles. The lowest BCUT2D eigenvalue weighted by atomic mass is 10.0. The number of sulfonamides is 1. The minimum absolute atomic E-state index is 0.158. The number of anilines is 2. The highest BCUT2D eigenvalue weighted by molar-refractivity contribution is 7.89. The molecule has 0 radical (unpaired) electrons. The van der Waals surface area contributed by atoms with Crippen molar-refractivity contribution in [2.75, 3.05) is 25.0 Å². The molecule has 274 valence electrons. The number of ether oxygens (including phenoxy) is 1. The number of piperidine rings is 1. The van der Waals surface area contributed by atoms with Crippen LogP contribution in [0, 0.1) is 6.92 Å². The number of H-pyrrole nitrogens is 1. The van der Waals surface area contributed by atoms with E-state index in [2.05, 4.69) is 40.5 Å². The van der Waals surface area contributed by atoms with Crippen LogP contribution in [0.4, 0.5) is 11.6 Å². The van der Waals surface area contributed by atoms with Crippen LogP contribution in [-0.4, -0.2) is 86.5 Å². The second-order valence-electron chi connectivity index (χ2n) is 13.4. The van der Waals surface area contributed by atoms with E-state index in [1.165, 1.54) is 0 Å². The maximum atomic E-state index is 13.2. The minimum atomic E-state index is -3.76. The summed E-state index contributed by atoms with van der Waals surface area (Å²) in [6.45, 7) is 6.77. The third kappa shape index (κ3) is 6.62. The van der Waals surface area contributed by atoms with E-state index in [1.54, 1.807) is 46.2 Å². The second-order valence-corrected chi connectivity index (χ2v) is 15.2. The normalized spacial score (nSPS) is 17.4. The molecule has 0 spiro atoms. The number of benzene rings is 2. The number of nitrogens with one attached hydrogen (secondary N) is 4. The smallest absolute Gasteiger partial charge is 0.255 e. The van der Waals surface area contributed by atoms with Crippen LogP contribution >= 0.6 is 0 Å². The number of amides is 3. The molecular formula is C36H38N10O6S. The summed E-state index contributed by atoms with van der Waals surface area (Å²) in [4.78, 5) is 45.8. The molecule has 1 atom stereocenters. The molecule has 6 heterocycles. The molecule has 4 N–H and O–H groups in total. The van der Waals surface area contributed by atoms with Crippen molar-refractivity contribution in [2.45, 2.75) is 63.7 Å². The second kappa shape index (κ2) is 13.7. The Morgan fingerprint density at radius 1 is 1.02 bits per heavy atom. The number of aromatic nitrogens is 5. The zero-order valence-corrected chi connectivity index (χ0v) is 30.0. The number of fused-ring (bicyclic) bond motifs is 3. The molecule has 53 heavy (non-hydrogen) atoms. The van der Waals surface area contributed by atoms with Gasteiger partial charge in [-0.3, -0.25) is 29.7 Å². The van der Waals surface area contributed by atoms with Gasteiger partial charge in [-0.15, -0.1) is 5.10 Å². The number of carbonyl (C=O) groups is 3. The van der Waals surface area contributed by atoms with Crippen molar-refractivity contribution in [3.63, 3.8) is 0 Å². The summed E-state index contributed by atoms with van der Waals surface area (Å²) < 4.78 is 36.7. The summed E-state index contributed by atoms with van der Waals surface area (Å²) in [5.41, 5.74) is 7.26. The third-order valence-electron chi connectivity index (χ3n) is 9.89.